The third-order valence-electron chi connectivity index (χ3n) is 1.75. The van der Waals surface area contributed by atoms with Crippen LogP contribution in [0.15, 0.2) is 17.3 Å². The van der Waals surface area contributed by atoms with Crippen LogP contribution in [0.4, 0.5) is 5.82 Å². The second-order valence-corrected chi connectivity index (χ2v) is 2.74. The predicted octanol–water partition coefficient (Wildman–Crippen LogP) is 1.99. The van der Waals surface area contributed by atoms with Crippen LogP contribution in [0.5, 0.6) is 0 Å². The molecule has 0 fully saturated rings. The molecule has 0 aliphatic rings. The number of hydrogen-bond donors (Lipinski definition) is 1. The maximum Gasteiger partial charge on any atom is 0.180 e. The number of nitrogens with one attached hydrogen (secondary N) is 1. The Morgan fingerprint density at radius 2 is 2.38 bits per heavy atom. The molecule has 4 heteroatoms. The number of aromatic amines is 1. The Morgan fingerprint density at radius 3 is 3.15 bits per heavy atom. The third-order valence-corrected chi connectivity index (χ3v) is 1.75. The second kappa shape index (κ2) is 2.97. The minimum absolute atomic E-state index is 0.671. The Bertz CT molecular complexity index is 456. The summed E-state index contributed by atoms with van der Waals surface area (Å²) >= 11 is 0. The van der Waals surface area contributed by atoms with E-state index in [1.54, 1.807) is 12.4 Å². The van der Waals surface area contributed by atoms with E-state index in [1.165, 1.54) is 0 Å². The lowest BCUT2D eigenvalue weighted by Crippen LogP contribution is -1.76. The van der Waals surface area contributed by atoms with Crippen LogP contribution in [0.2, 0.25) is 0 Å². The Kier molecular flexibility index (Phi) is 1.81. The molecule has 2 aromatic heterocycles. The van der Waals surface area contributed by atoms with Crippen molar-refractivity contribution in [1.82, 2.24) is 15.0 Å². The van der Waals surface area contributed by atoms with Crippen molar-refractivity contribution >= 4 is 23.1 Å². The molecular weight excluding hydrogens is 164 g/mol. The van der Waals surface area contributed by atoms with Crippen LogP contribution in [0, 0.1) is 6.92 Å². The number of rotatable bonds is 1. The summed E-state index contributed by atoms with van der Waals surface area (Å²) in [5, 5.41) is 0. The molecule has 0 unspecified atom stereocenters. The number of aliphatic imine (C=N–C) groups is 1. The van der Waals surface area contributed by atoms with Gasteiger partial charge in [0.1, 0.15) is 11.3 Å². The van der Waals surface area contributed by atoms with Gasteiger partial charge in [0.2, 0.25) is 0 Å². The molecule has 66 valence electrons. The highest BCUT2D eigenvalue weighted by Crippen LogP contribution is 2.20. The highest BCUT2D eigenvalue weighted by atomic mass is 15.0. The number of aryl methyl sites for hydroxylation is 1. The lowest BCUT2D eigenvalue weighted by Gasteiger charge is -1.91. The van der Waals surface area contributed by atoms with E-state index >= 15 is 0 Å². The summed E-state index contributed by atoms with van der Waals surface area (Å²) in [4.78, 5) is 15.7. The van der Waals surface area contributed by atoms with Gasteiger partial charge in [-0.3, -0.25) is 0 Å². The van der Waals surface area contributed by atoms with Crippen LogP contribution in [0.25, 0.3) is 11.0 Å². The number of pyridine rings is 1. The Morgan fingerprint density at radius 1 is 1.54 bits per heavy atom. The molecule has 1 N–H and O–H groups in total. The van der Waals surface area contributed by atoms with E-state index in [0.717, 1.165) is 16.9 Å². The van der Waals surface area contributed by atoms with Crippen molar-refractivity contribution in [3.8, 4) is 0 Å². The van der Waals surface area contributed by atoms with E-state index in [-0.39, 0.29) is 0 Å². The lowest BCUT2D eigenvalue weighted by atomic mass is 10.4. The van der Waals surface area contributed by atoms with Crippen molar-refractivity contribution in [2.45, 2.75) is 13.8 Å². The zero-order valence-electron chi connectivity index (χ0n) is 7.57. The van der Waals surface area contributed by atoms with Gasteiger partial charge < -0.3 is 4.98 Å². The SMILES string of the molecule is CC=Nc1nccc2[nH]c(C)nc12. The molecule has 0 saturated heterocycles. The van der Waals surface area contributed by atoms with E-state index < -0.39 is 0 Å². The van der Waals surface area contributed by atoms with Gasteiger partial charge in [0, 0.05) is 12.4 Å². The predicted molar refractivity (Wildman–Crippen MR) is 52.5 cm³/mol. The number of fused-ring (bicyclic) bond motifs is 1. The van der Waals surface area contributed by atoms with Gasteiger partial charge in [-0.25, -0.2) is 15.0 Å². The van der Waals surface area contributed by atoms with Gasteiger partial charge in [0.25, 0.3) is 0 Å². The van der Waals surface area contributed by atoms with Crippen LogP contribution < -0.4 is 0 Å². The van der Waals surface area contributed by atoms with Gasteiger partial charge in [0.15, 0.2) is 5.82 Å². The summed E-state index contributed by atoms with van der Waals surface area (Å²) in [6.07, 6.45) is 3.44. The van der Waals surface area contributed by atoms with Crippen molar-refractivity contribution in [3.05, 3.63) is 18.1 Å². The minimum atomic E-state index is 0.671. The Labute approximate surface area is 75.8 Å². The van der Waals surface area contributed by atoms with Crippen molar-refractivity contribution < 1.29 is 0 Å². The van der Waals surface area contributed by atoms with E-state index in [1.807, 2.05) is 19.9 Å². The van der Waals surface area contributed by atoms with Crippen molar-refractivity contribution in [2.75, 3.05) is 0 Å². The molecule has 0 aliphatic carbocycles. The molecule has 0 spiro atoms. The minimum Gasteiger partial charge on any atom is -0.342 e. The fourth-order valence-corrected chi connectivity index (χ4v) is 1.26. The van der Waals surface area contributed by atoms with Crippen molar-refractivity contribution in [3.63, 3.8) is 0 Å². The summed E-state index contributed by atoms with van der Waals surface area (Å²) in [6, 6.07) is 1.89. The molecule has 0 aliphatic heterocycles. The van der Waals surface area contributed by atoms with E-state index in [2.05, 4.69) is 19.9 Å². The first-order valence-electron chi connectivity index (χ1n) is 4.11. The first kappa shape index (κ1) is 7.91. The Balaban J connectivity index is 2.74. The maximum atomic E-state index is 4.30. The largest absolute Gasteiger partial charge is 0.342 e. The van der Waals surface area contributed by atoms with Crippen LogP contribution in [-0.2, 0) is 0 Å². The van der Waals surface area contributed by atoms with Gasteiger partial charge in [-0.1, -0.05) is 0 Å². The molecule has 2 heterocycles. The zero-order chi connectivity index (χ0) is 9.26. The Hall–Kier alpha value is -1.71. The molecule has 2 rings (SSSR count). The topological polar surface area (TPSA) is 53.9 Å². The number of aromatic nitrogens is 3. The van der Waals surface area contributed by atoms with Gasteiger partial charge in [-0.15, -0.1) is 0 Å². The number of hydrogen-bond acceptors (Lipinski definition) is 3. The average molecular weight is 174 g/mol. The number of nitrogens with zero attached hydrogens (tertiary/aromatic N) is 3. The quantitative estimate of drug-likeness (QED) is 0.672. The number of H-pyrrole nitrogens is 1. The standard InChI is InChI=1S/C9H10N4/c1-3-10-9-8-7(4-5-11-9)12-6(2)13-8/h3-5H,1-2H3,(H,12,13). The van der Waals surface area contributed by atoms with E-state index in [4.69, 9.17) is 0 Å². The fraction of sp³-hybridized carbons (Fsp3) is 0.222. The monoisotopic (exact) mass is 174 g/mol. The molecular formula is C9H10N4. The highest BCUT2D eigenvalue weighted by Gasteiger charge is 2.03. The number of imidazole rings is 1. The summed E-state index contributed by atoms with van der Waals surface area (Å²) < 4.78 is 0. The first-order valence-corrected chi connectivity index (χ1v) is 4.11. The molecule has 0 radical (unpaired) electrons. The summed E-state index contributed by atoms with van der Waals surface area (Å²) in [6.45, 7) is 3.78. The van der Waals surface area contributed by atoms with Gasteiger partial charge in [-0.2, -0.15) is 0 Å². The summed E-state index contributed by atoms with van der Waals surface area (Å²) in [7, 11) is 0. The lowest BCUT2D eigenvalue weighted by molar-refractivity contribution is 1.17. The molecule has 13 heavy (non-hydrogen) atoms. The molecule has 0 atom stereocenters. The van der Waals surface area contributed by atoms with Crippen LogP contribution in [0.3, 0.4) is 0 Å². The second-order valence-electron chi connectivity index (χ2n) is 2.74. The van der Waals surface area contributed by atoms with Crippen LogP contribution in [-0.4, -0.2) is 21.2 Å². The molecule has 0 saturated carbocycles. The highest BCUT2D eigenvalue weighted by molar-refractivity contribution is 5.85. The maximum absolute atomic E-state index is 4.30. The van der Waals surface area contributed by atoms with Crippen LogP contribution >= 0.6 is 0 Å². The zero-order valence-corrected chi connectivity index (χ0v) is 7.57. The molecule has 0 bridgehead atoms. The molecule has 2 aromatic rings. The fourth-order valence-electron chi connectivity index (χ4n) is 1.26. The smallest absolute Gasteiger partial charge is 0.180 e. The summed E-state index contributed by atoms with van der Waals surface area (Å²) in [5.41, 5.74) is 1.81. The molecule has 0 aromatic carbocycles. The van der Waals surface area contributed by atoms with Crippen LogP contribution in [0.1, 0.15) is 12.7 Å². The van der Waals surface area contributed by atoms with Gasteiger partial charge >= 0.3 is 0 Å². The summed E-state index contributed by atoms with van der Waals surface area (Å²) in [5.74, 6) is 1.56. The van der Waals surface area contributed by atoms with E-state index in [9.17, 15) is 0 Å². The third kappa shape index (κ3) is 1.30. The average Bonchev–Trinajstić information content (AvgIpc) is 2.47. The van der Waals surface area contributed by atoms with Gasteiger partial charge in [-0.05, 0) is 19.9 Å². The van der Waals surface area contributed by atoms with Crippen molar-refractivity contribution in [1.29, 1.82) is 0 Å². The van der Waals surface area contributed by atoms with Gasteiger partial charge in [0.05, 0.1) is 5.52 Å². The molecule has 4 nitrogen and oxygen atoms in total. The first-order chi connectivity index (χ1) is 6.31. The van der Waals surface area contributed by atoms with Crippen molar-refractivity contribution in [2.24, 2.45) is 4.99 Å². The molecule has 0 amide bonds. The normalized spacial score (nSPS) is 11.5. The van der Waals surface area contributed by atoms with E-state index in [0.29, 0.717) is 5.82 Å².